The van der Waals surface area contributed by atoms with Crippen LogP contribution in [0.2, 0.25) is 0 Å². The van der Waals surface area contributed by atoms with Gasteiger partial charge in [0.1, 0.15) is 5.75 Å². The van der Waals surface area contributed by atoms with Crippen molar-refractivity contribution in [2.45, 2.75) is 52.5 Å². The maximum absolute atomic E-state index is 12.1. The van der Waals surface area contributed by atoms with Crippen molar-refractivity contribution in [3.8, 4) is 5.75 Å². The largest absolute Gasteiger partial charge is 0.494 e. The molecule has 0 aliphatic carbocycles. The van der Waals surface area contributed by atoms with Crippen LogP contribution in [0.1, 0.15) is 45.6 Å². The van der Waals surface area contributed by atoms with Gasteiger partial charge in [-0.3, -0.25) is 9.79 Å². The van der Waals surface area contributed by atoms with Gasteiger partial charge in [-0.1, -0.05) is 32.9 Å². The zero-order valence-corrected chi connectivity index (χ0v) is 20.6. The number of carbonyl (C=O) groups is 1. The predicted octanol–water partition coefficient (Wildman–Crippen LogP) is 3.45. The van der Waals surface area contributed by atoms with E-state index in [9.17, 15) is 4.79 Å². The number of likely N-dealkylation sites (tertiary alicyclic amines) is 1. The molecule has 1 saturated heterocycles. The van der Waals surface area contributed by atoms with E-state index in [4.69, 9.17) is 4.74 Å². The summed E-state index contributed by atoms with van der Waals surface area (Å²) < 4.78 is 5.70. The van der Waals surface area contributed by atoms with Gasteiger partial charge in [0.2, 0.25) is 5.91 Å². The van der Waals surface area contributed by atoms with Gasteiger partial charge in [0.05, 0.1) is 6.61 Å². The van der Waals surface area contributed by atoms with E-state index in [0.29, 0.717) is 6.04 Å². The lowest BCUT2D eigenvalue weighted by Crippen LogP contribution is -2.50. The summed E-state index contributed by atoms with van der Waals surface area (Å²) in [5.74, 6) is 2.09. The first-order valence-electron chi connectivity index (χ1n) is 10.5. The van der Waals surface area contributed by atoms with Gasteiger partial charge in [0, 0.05) is 38.6 Å². The number of piperidine rings is 1. The topological polar surface area (TPSA) is 66.0 Å². The molecule has 0 bridgehead atoms. The fourth-order valence-electron chi connectivity index (χ4n) is 3.33. The zero-order valence-electron chi connectivity index (χ0n) is 18.2. The van der Waals surface area contributed by atoms with Crippen LogP contribution in [-0.4, -0.2) is 56.1 Å². The van der Waals surface area contributed by atoms with Gasteiger partial charge >= 0.3 is 0 Å². The number of carbonyl (C=O) groups excluding carboxylic acids is 1. The molecule has 1 aliphatic heterocycles. The highest BCUT2D eigenvalue weighted by Gasteiger charge is 2.24. The number of nitrogens with one attached hydrogen (secondary N) is 2. The van der Waals surface area contributed by atoms with Gasteiger partial charge in [-0.05, 0) is 43.4 Å². The Hall–Kier alpha value is -1.51. The van der Waals surface area contributed by atoms with Gasteiger partial charge < -0.3 is 20.3 Å². The summed E-state index contributed by atoms with van der Waals surface area (Å²) in [5, 5.41) is 6.89. The average Bonchev–Trinajstić information content (AvgIpc) is 2.71. The minimum Gasteiger partial charge on any atom is -0.494 e. The number of guanidine groups is 1. The van der Waals surface area contributed by atoms with Crippen molar-refractivity contribution in [1.29, 1.82) is 0 Å². The number of benzene rings is 1. The van der Waals surface area contributed by atoms with Crippen molar-refractivity contribution in [2.75, 3.05) is 33.3 Å². The molecule has 0 atom stereocenters. The van der Waals surface area contributed by atoms with Crippen LogP contribution in [0.25, 0.3) is 0 Å². The van der Waals surface area contributed by atoms with Gasteiger partial charge in [-0.25, -0.2) is 0 Å². The molecule has 1 aromatic rings. The fourth-order valence-corrected chi connectivity index (χ4v) is 3.33. The van der Waals surface area contributed by atoms with E-state index in [-0.39, 0.29) is 35.8 Å². The third-order valence-corrected chi connectivity index (χ3v) is 4.94. The van der Waals surface area contributed by atoms with Gasteiger partial charge in [-0.2, -0.15) is 0 Å². The van der Waals surface area contributed by atoms with Crippen LogP contribution in [0.15, 0.2) is 29.3 Å². The van der Waals surface area contributed by atoms with Crippen LogP contribution in [0.3, 0.4) is 0 Å². The Morgan fingerprint density at radius 3 is 2.66 bits per heavy atom. The Morgan fingerprint density at radius 2 is 2.03 bits per heavy atom. The summed E-state index contributed by atoms with van der Waals surface area (Å²) in [7, 11) is 1.80. The second-order valence-electron chi connectivity index (χ2n) is 7.64. The predicted molar refractivity (Wildman–Crippen MR) is 130 cm³/mol. The molecule has 2 N–H and O–H groups in total. The van der Waals surface area contributed by atoms with Crippen LogP contribution < -0.4 is 15.4 Å². The Bertz CT molecular complexity index is 643. The molecule has 29 heavy (non-hydrogen) atoms. The molecule has 0 spiro atoms. The van der Waals surface area contributed by atoms with E-state index in [0.717, 1.165) is 63.6 Å². The first kappa shape index (κ1) is 25.5. The number of hydrogen-bond acceptors (Lipinski definition) is 3. The third-order valence-electron chi connectivity index (χ3n) is 4.94. The van der Waals surface area contributed by atoms with Gasteiger partial charge in [0.25, 0.3) is 0 Å². The molecule has 2 rings (SSSR count). The molecule has 1 aromatic carbocycles. The molecule has 164 valence electrons. The highest BCUT2D eigenvalue weighted by molar-refractivity contribution is 14.0. The molecule has 1 aliphatic rings. The van der Waals surface area contributed by atoms with Crippen molar-refractivity contribution in [3.05, 3.63) is 29.8 Å². The fraction of sp³-hybridized carbons (Fsp3) is 0.636. The molecule has 0 saturated carbocycles. The van der Waals surface area contributed by atoms with E-state index < -0.39 is 0 Å². The molecular weight excluding hydrogens is 479 g/mol. The minimum atomic E-state index is 0. The lowest BCUT2D eigenvalue weighted by Gasteiger charge is -2.34. The van der Waals surface area contributed by atoms with Crippen LogP contribution in [0.5, 0.6) is 5.75 Å². The number of aliphatic imine (C=N–C) groups is 1. The molecule has 0 unspecified atom stereocenters. The number of nitrogens with zero attached hydrogens (tertiary/aromatic N) is 2. The van der Waals surface area contributed by atoms with E-state index in [1.807, 2.05) is 30.9 Å². The molecule has 0 aromatic heterocycles. The number of ether oxygens (including phenoxy) is 1. The number of rotatable bonds is 8. The smallest absolute Gasteiger partial charge is 0.225 e. The van der Waals surface area contributed by atoms with E-state index >= 15 is 0 Å². The second kappa shape index (κ2) is 13.7. The SMILES string of the molecule is CCCOc1cccc(CCNC(=NC)NC2CCN(C(=O)C(C)C)CC2)c1.I. The summed E-state index contributed by atoms with van der Waals surface area (Å²) in [5.41, 5.74) is 1.25. The van der Waals surface area contributed by atoms with Crippen molar-refractivity contribution in [2.24, 2.45) is 10.9 Å². The van der Waals surface area contributed by atoms with Crippen LogP contribution in [0.4, 0.5) is 0 Å². The molecule has 1 amide bonds. The van der Waals surface area contributed by atoms with E-state index in [1.54, 1.807) is 7.05 Å². The Morgan fingerprint density at radius 1 is 1.31 bits per heavy atom. The number of hydrogen-bond donors (Lipinski definition) is 2. The molecule has 7 heteroatoms. The normalized spacial score (nSPS) is 15.1. The van der Waals surface area contributed by atoms with Crippen molar-refractivity contribution < 1.29 is 9.53 Å². The first-order valence-corrected chi connectivity index (χ1v) is 10.5. The maximum Gasteiger partial charge on any atom is 0.225 e. The Labute approximate surface area is 192 Å². The van der Waals surface area contributed by atoms with Crippen molar-refractivity contribution in [3.63, 3.8) is 0 Å². The second-order valence-corrected chi connectivity index (χ2v) is 7.64. The maximum atomic E-state index is 12.1. The van der Waals surface area contributed by atoms with Crippen LogP contribution in [-0.2, 0) is 11.2 Å². The highest BCUT2D eigenvalue weighted by Crippen LogP contribution is 2.14. The van der Waals surface area contributed by atoms with Crippen molar-refractivity contribution >= 4 is 35.8 Å². The summed E-state index contributed by atoms with van der Waals surface area (Å²) in [6.45, 7) is 9.22. The Kier molecular flexibility index (Phi) is 12.0. The molecule has 1 heterocycles. The van der Waals surface area contributed by atoms with Gasteiger partial charge in [-0.15, -0.1) is 24.0 Å². The number of halogens is 1. The molecule has 1 fully saturated rings. The van der Waals surface area contributed by atoms with E-state index in [1.165, 1.54) is 5.56 Å². The van der Waals surface area contributed by atoms with Gasteiger partial charge in [0.15, 0.2) is 5.96 Å². The summed E-state index contributed by atoms with van der Waals surface area (Å²) in [6, 6.07) is 8.63. The van der Waals surface area contributed by atoms with Crippen LogP contribution >= 0.6 is 24.0 Å². The molecular formula is C22H37IN4O2. The quantitative estimate of drug-likeness (QED) is 0.316. The lowest BCUT2D eigenvalue weighted by molar-refractivity contribution is -0.135. The lowest BCUT2D eigenvalue weighted by atomic mass is 10.0. The Balaban J connectivity index is 0.00000420. The average molecular weight is 516 g/mol. The minimum absolute atomic E-state index is 0. The monoisotopic (exact) mass is 516 g/mol. The third kappa shape index (κ3) is 8.80. The molecule has 0 radical (unpaired) electrons. The zero-order chi connectivity index (χ0) is 20.4. The van der Waals surface area contributed by atoms with Crippen molar-refractivity contribution in [1.82, 2.24) is 15.5 Å². The standard InChI is InChI=1S/C22H36N4O2.HI/c1-5-15-28-20-8-6-7-18(16-20)9-12-24-22(23-4)25-19-10-13-26(14-11-19)21(27)17(2)3;/h6-8,16-17,19H,5,9-15H2,1-4H3,(H2,23,24,25);1H. The summed E-state index contributed by atoms with van der Waals surface area (Å²) in [6.07, 6.45) is 3.83. The van der Waals surface area contributed by atoms with E-state index in [2.05, 4.69) is 34.7 Å². The first-order chi connectivity index (χ1) is 13.5. The summed E-state index contributed by atoms with van der Waals surface area (Å²) >= 11 is 0. The number of amides is 1. The highest BCUT2D eigenvalue weighted by atomic mass is 127. The molecule has 6 nitrogen and oxygen atoms in total. The summed E-state index contributed by atoms with van der Waals surface area (Å²) in [4.78, 5) is 18.4. The van der Waals surface area contributed by atoms with Crippen LogP contribution in [0, 0.1) is 5.92 Å².